The summed E-state index contributed by atoms with van der Waals surface area (Å²) in [5, 5.41) is 0. The summed E-state index contributed by atoms with van der Waals surface area (Å²) in [4.78, 5) is 49.2. The van der Waals surface area contributed by atoms with Gasteiger partial charge in [0.15, 0.2) is 0 Å². The van der Waals surface area contributed by atoms with Gasteiger partial charge in [-0.1, -0.05) is 0 Å². The van der Waals surface area contributed by atoms with Gasteiger partial charge in [-0.05, 0) is 26.0 Å². The second-order valence-corrected chi connectivity index (χ2v) is 5.51. The third-order valence-corrected chi connectivity index (χ3v) is 2.92. The highest BCUT2D eigenvalue weighted by Gasteiger charge is 2.33. The van der Waals surface area contributed by atoms with Gasteiger partial charge in [0.2, 0.25) is 6.79 Å². The summed E-state index contributed by atoms with van der Waals surface area (Å²) in [6.07, 6.45) is -0.463. The molecule has 0 spiro atoms. The molecule has 0 aromatic carbocycles. The lowest BCUT2D eigenvalue weighted by molar-refractivity contribution is -0.192. The Labute approximate surface area is 154 Å². The highest BCUT2D eigenvalue weighted by atomic mass is 16.8. The van der Waals surface area contributed by atoms with Gasteiger partial charge in [0.1, 0.15) is 12.4 Å². The maximum Gasteiger partial charge on any atom is 0.511 e. The summed E-state index contributed by atoms with van der Waals surface area (Å²) in [6.45, 7) is 1.88. The van der Waals surface area contributed by atoms with E-state index in [1.807, 2.05) is 0 Å². The second kappa shape index (κ2) is 10.6. The Balaban J connectivity index is 2.48. The van der Waals surface area contributed by atoms with Gasteiger partial charge < -0.3 is 28.4 Å². The van der Waals surface area contributed by atoms with Gasteiger partial charge in [-0.15, -0.1) is 0 Å². The summed E-state index contributed by atoms with van der Waals surface area (Å²) < 4.78 is 27.9. The molecule has 148 valence electrons. The maximum atomic E-state index is 11.8. The zero-order chi connectivity index (χ0) is 20.3. The van der Waals surface area contributed by atoms with Crippen molar-refractivity contribution in [1.29, 1.82) is 0 Å². The normalized spacial score (nSPS) is 11.5. The van der Waals surface area contributed by atoms with E-state index in [1.165, 1.54) is 33.4 Å². The van der Waals surface area contributed by atoms with Crippen molar-refractivity contribution < 1.29 is 47.6 Å². The first-order chi connectivity index (χ1) is 12.8. The molecule has 1 aromatic rings. The monoisotopic (exact) mass is 385 g/mol. The van der Waals surface area contributed by atoms with E-state index in [0.29, 0.717) is 5.75 Å². The van der Waals surface area contributed by atoms with E-state index in [1.54, 1.807) is 12.1 Å². The molecule has 0 aliphatic carbocycles. The van der Waals surface area contributed by atoms with E-state index in [4.69, 9.17) is 9.47 Å². The molecule has 1 aromatic heterocycles. The molecule has 0 amide bonds. The number of carbonyl (C=O) groups excluding carboxylic acids is 4. The molecule has 11 heteroatoms. The zero-order valence-corrected chi connectivity index (χ0v) is 14.9. The van der Waals surface area contributed by atoms with Crippen LogP contribution in [0.4, 0.5) is 4.79 Å². The number of nitrogens with zero attached hydrogens (tertiary/aromatic N) is 1. The number of hydrogen-bond donors (Lipinski definition) is 0. The summed E-state index contributed by atoms with van der Waals surface area (Å²) in [5.74, 6) is -1.51. The number of pyridine rings is 1. The van der Waals surface area contributed by atoms with Gasteiger partial charge in [-0.3, -0.25) is 14.6 Å². The third kappa shape index (κ3) is 7.59. The lowest BCUT2D eigenvalue weighted by Gasteiger charge is -2.21. The van der Waals surface area contributed by atoms with Gasteiger partial charge in [0.25, 0.3) is 6.47 Å². The molecular formula is C16H19NO10. The minimum atomic E-state index is -2.01. The highest BCUT2D eigenvalue weighted by Crippen LogP contribution is 2.18. The fourth-order valence-corrected chi connectivity index (χ4v) is 1.53. The van der Waals surface area contributed by atoms with E-state index in [9.17, 15) is 19.2 Å². The van der Waals surface area contributed by atoms with Crippen molar-refractivity contribution in [3.05, 3.63) is 24.5 Å². The topological polar surface area (TPSA) is 137 Å². The van der Waals surface area contributed by atoms with Gasteiger partial charge in [-0.25, -0.2) is 9.59 Å². The van der Waals surface area contributed by atoms with Crippen LogP contribution in [0.5, 0.6) is 5.75 Å². The Morgan fingerprint density at radius 2 is 2.00 bits per heavy atom. The van der Waals surface area contributed by atoms with Crippen LogP contribution in [0.2, 0.25) is 0 Å². The first-order valence-electron chi connectivity index (χ1n) is 7.50. The van der Waals surface area contributed by atoms with Crippen LogP contribution < -0.4 is 4.74 Å². The minimum absolute atomic E-state index is 0.112. The van der Waals surface area contributed by atoms with Crippen LogP contribution in [0.3, 0.4) is 0 Å². The van der Waals surface area contributed by atoms with Crippen LogP contribution in [-0.4, -0.2) is 56.3 Å². The number of esters is 2. The predicted molar refractivity (Wildman–Crippen MR) is 85.0 cm³/mol. The Hall–Kier alpha value is -3.37. The molecule has 11 nitrogen and oxygen atoms in total. The Kier molecular flexibility index (Phi) is 8.49. The van der Waals surface area contributed by atoms with Crippen molar-refractivity contribution in [3.63, 3.8) is 0 Å². The summed E-state index contributed by atoms with van der Waals surface area (Å²) in [5.41, 5.74) is -1.15. The summed E-state index contributed by atoms with van der Waals surface area (Å²) >= 11 is 0. The van der Waals surface area contributed by atoms with Crippen LogP contribution in [0.15, 0.2) is 24.5 Å². The number of carbonyl (C=O) groups is 4. The van der Waals surface area contributed by atoms with Crippen molar-refractivity contribution in [3.8, 4) is 5.75 Å². The first-order valence-corrected chi connectivity index (χ1v) is 7.50. The molecule has 0 saturated heterocycles. The van der Waals surface area contributed by atoms with Crippen molar-refractivity contribution in [2.45, 2.75) is 20.1 Å². The molecule has 0 aliphatic heterocycles. The van der Waals surface area contributed by atoms with Crippen molar-refractivity contribution in [2.24, 2.45) is 5.41 Å². The number of aromatic nitrogens is 1. The Morgan fingerprint density at radius 3 is 2.59 bits per heavy atom. The average molecular weight is 385 g/mol. The molecule has 27 heavy (non-hydrogen) atoms. The number of methoxy groups -OCH3 is 1. The van der Waals surface area contributed by atoms with Gasteiger partial charge in [0, 0.05) is 6.20 Å². The zero-order valence-electron chi connectivity index (χ0n) is 14.9. The largest absolute Gasteiger partial charge is 0.511 e. The van der Waals surface area contributed by atoms with E-state index in [0.717, 1.165) is 0 Å². The third-order valence-electron chi connectivity index (χ3n) is 2.92. The van der Waals surface area contributed by atoms with Crippen LogP contribution in [0.25, 0.3) is 0 Å². The molecule has 0 saturated carbocycles. The number of ether oxygens (including phenoxy) is 6. The molecule has 0 bridgehead atoms. The highest BCUT2D eigenvalue weighted by molar-refractivity contribution is 5.78. The van der Waals surface area contributed by atoms with Crippen LogP contribution in [0.1, 0.15) is 13.8 Å². The standard InChI is InChI=1S/C16H19NO10/c1-16(2,14(20)22-3)8-23-15(21)27-13(24-9-18)12(19)26-10-25-11-5-4-6-17-7-11/h4-7,9,13H,8,10H2,1-3H3. The minimum Gasteiger partial charge on any atom is -0.469 e. The van der Waals surface area contributed by atoms with E-state index < -0.39 is 43.2 Å². The SMILES string of the molecule is COC(=O)C(C)(C)COC(=O)OC(OC=O)C(=O)OCOc1cccnc1. The number of rotatable bonds is 10. The van der Waals surface area contributed by atoms with Crippen LogP contribution in [-0.2, 0) is 38.1 Å². The van der Waals surface area contributed by atoms with Gasteiger partial charge in [0.05, 0.1) is 18.7 Å². The van der Waals surface area contributed by atoms with Crippen molar-refractivity contribution in [2.75, 3.05) is 20.5 Å². The lowest BCUT2D eigenvalue weighted by atomic mass is 9.95. The summed E-state index contributed by atoms with van der Waals surface area (Å²) in [7, 11) is 1.18. The molecule has 1 atom stereocenters. The fourth-order valence-electron chi connectivity index (χ4n) is 1.53. The van der Waals surface area contributed by atoms with Crippen molar-refractivity contribution in [1.82, 2.24) is 4.98 Å². The fraction of sp³-hybridized carbons (Fsp3) is 0.438. The molecule has 1 unspecified atom stereocenters. The molecule has 0 radical (unpaired) electrons. The Morgan fingerprint density at radius 1 is 1.26 bits per heavy atom. The van der Waals surface area contributed by atoms with E-state index >= 15 is 0 Å². The van der Waals surface area contributed by atoms with Gasteiger partial charge in [-0.2, -0.15) is 0 Å². The maximum absolute atomic E-state index is 11.8. The van der Waals surface area contributed by atoms with E-state index in [-0.39, 0.29) is 6.47 Å². The molecular weight excluding hydrogens is 366 g/mol. The first kappa shape index (κ1) is 21.7. The molecule has 0 N–H and O–H groups in total. The lowest BCUT2D eigenvalue weighted by Crippen LogP contribution is -2.35. The van der Waals surface area contributed by atoms with Gasteiger partial charge >= 0.3 is 24.4 Å². The number of hydrogen-bond acceptors (Lipinski definition) is 11. The van der Waals surface area contributed by atoms with Crippen molar-refractivity contribution >= 4 is 24.6 Å². The van der Waals surface area contributed by atoms with Crippen LogP contribution >= 0.6 is 0 Å². The molecule has 0 fully saturated rings. The molecule has 1 rings (SSSR count). The summed E-state index contributed by atoms with van der Waals surface area (Å²) in [6, 6.07) is 3.17. The van der Waals surface area contributed by atoms with E-state index in [2.05, 4.69) is 23.9 Å². The predicted octanol–water partition coefficient (Wildman–Crippen LogP) is 0.813. The second-order valence-electron chi connectivity index (χ2n) is 5.51. The van der Waals surface area contributed by atoms with Crippen LogP contribution in [0, 0.1) is 5.41 Å². The Bertz CT molecular complexity index is 646. The molecule has 0 aliphatic rings. The quantitative estimate of drug-likeness (QED) is 0.245. The average Bonchev–Trinajstić information content (AvgIpc) is 2.66. The smallest absolute Gasteiger partial charge is 0.469 e. The molecule has 1 heterocycles.